The average molecular weight is 114 g/mol. The van der Waals surface area contributed by atoms with Crippen LogP contribution in [0.2, 0.25) is 0 Å². The summed E-state index contributed by atoms with van der Waals surface area (Å²) in [5.74, 6) is 0.258. The van der Waals surface area contributed by atoms with Gasteiger partial charge in [-0.25, -0.2) is 0 Å². The van der Waals surface area contributed by atoms with Gasteiger partial charge in [-0.3, -0.25) is 0 Å². The van der Waals surface area contributed by atoms with Crippen molar-refractivity contribution in [3.05, 3.63) is 5.32 Å². The maximum absolute atomic E-state index is 10.3. The van der Waals surface area contributed by atoms with Gasteiger partial charge in [0.1, 0.15) is 5.78 Å². The normalized spacial score (nSPS) is 9.25. The van der Waals surface area contributed by atoms with Crippen LogP contribution in [0.25, 0.3) is 5.32 Å². The van der Waals surface area contributed by atoms with Crippen LogP contribution in [0.5, 0.6) is 0 Å². The molecule has 0 aliphatic carbocycles. The van der Waals surface area contributed by atoms with Crippen LogP contribution in [0.15, 0.2) is 0 Å². The first-order chi connectivity index (χ1) is 3.77. The predicted octanol–water partition coefficient (Wildman–Crippen LogP) is 1.36. The van der Waals surface area contributed by atoms with Gasteiger partial charge in [0.25, 0.3) is 0 Å². The SMILES string of the molecule is C[N-]CCCC(C)=O. The van der Waals surface area contributed by atoms with E-state index in [1.54, 1.807) is 14.0 Å². The van der Waals surface area contributed by atoms with Crippen molar-refractivity contribution in [2.24, 2.45) is 0 Å². The Morgan fingerprint density at radius 3 is 2.62 bits per heavy atom. The van der Waals surface area contributed by atoms with Crippen LogP contribution in [-0.2, 0) is 4.79 Å². The van der Waals surface area contributed by atoms with Crippen LogP contribution >= 0.6 is 0 Å². The molecule has 0 N–H and O–H groups in total. The molecule has 0 aromatic heterocycles. The second kappa shape index (κ2) is 4.78. The lowest BCUT2D eigenvalue weighted by Gasteiger charge is -2.07. The maximum atomic E-state index is 10.3. The second-order valence-electron chi connectivity index (χ2n) is 1.85. The summed E-state index contributed by atoms with van der Waals surface area (Å²) in [6, 6.07) is 0. The monoisotopic (exact) mass is 114 g/mol. The summed E-state index contributed by atoms with van der Waals surface area (Å²) in [6.07, 6.45) is 1.59. The van der Waals surface area contributed by atoms with Crippen molar-refractivity contribution < 1.29 is 4.79 Å². The minimum atomic E-state index is 0.258. The molecule has 0 atom stereocenters. The van der Waals surface area contributed by atoms with Crippen molar-refractivity contribution in [2.45, 2.75) is 19.8 Å². The number of Topliss-reactive ketones (excluding diaryl/α,β-unsaturated/α-hetero) is 1. The van der Waals surface area contributed by atoms with Gasteiger partial charge in [0.05, 0.1) is 0 Å². The lowest BCUT2D eigenvalue weighted by atomic mass is 10.2. The molecule has 0 saturated heterocycles. The van der Waals surface area contributed by atoms with Gasteiger partial charge in [-0.15, -0.1) is 6.54 Å². The highest BCUT2D eigenvalue weighted by molar-refractivity contribution is 5.75. The van der Waals surface area contributed by atoms with Gasteiger partial charge in [0.2, 0.25) is 0 Å². The van der Waals surface area contributed by atoms with E-state index in [2.05, 4.69) is 5.32 Å². The van der Waals surface area contributed by atoms with E-state index < -0.39 is 0 Å². The Labute approximate surface area is 50.3 Å². The quantitative estimate of drug-likeness (QED) is 0.508. The van der Waals surface area contributed by atoms with E-state index in [1.165, 1.54) is 0 Å². The Morgan fingerprint density at radius 2 is 2.25 bits per heavy atom. The number of hydrogen-bond acceptors (Lipinski definition) is 1. The summed E-state index contributed by atoms with van der Waals surface area (Å²) >= 11 is 0. The molecule has 48 valence electrons. The molecular weight excluding hydrogens is 102 g/mol. The second-order valence-corrected chi connectivity index (χ2v) is 1.85. The van der Waals surface area contributed by atoms with E-state index in [9.17, 15) is 4.79 Å². The van der Waals surface area contributed by atoms with Crippen LogP contribution in [0.4, 0.5) is 0 Å². The highest BCUT2D eigenvalue weighted by atomic mass is 16.1. The van der Waals surface area contributed by atoms with Gasteiger partial charge in [-0.2, -0.15) is 7.05 Å². The minimum absolute atomic E-state index is 0.258. The third-order valence-corrected chi connectivity index (χ3v) is 0.911. The zero-order chi connectivity index (χ0) is 6.41. The van der Waals surface area contributed by atoms with E-state index in [1.807, 2.05) is 0 Å². The summed E-state index contributed by atoms with van der Waals surface area (Å²) in [6.45, 7) is 2.43. The van der Waals surface area contributed by atoms with Gasteiger partial charge in [-0.05, 0) is 6.92 Å². The zero-order valence-corrected chi connectivity index (χ0v) is 5.48. The van der Waals surface area contributed by atoms with Crippen LogP contribution in [0.1, 0.15) is 19.8 Å². The van der Waals surface area contributed by atoms with E-state index >= 15 is 0 Å². The standard InChI is InChI=1S/C6H12NO/c1-6(8)4-3-5-7-2/h3-5H2,1-2H3/q-1. The van der Waals surface area contributed by atoms with E-state index in [0.717, 1.165) is 13.0 Å². The van der Waals surface area contributed by atoms with Crippen LogP contribution < -0.4 is 0 Å². The number of carbonyl (C=O) groups excluding carboxylic acids is 1. The number of ketones is 1. The van der Waals surface area contributed by atoms with Gasteiger partial charge < -0.3 is 10.1 Å². The molecule has 0 rings (SSSR count). The largest absolute Gasteiger partial charge is 0.665 e. The van der Waals surface area contributed by atoms with Crippen molar-refractivity contribution in [3.8, 4) is 0 Å². The molecule has 0 spiro atoms. The molecule has 0 saturated carbocycles. The third kappa shape index (κ3) is 5.63. The average Bonchev–Trinajstić information content (AvgIpc) is 1.66. The molecule has 2 heteroatoms. The summed E-state index contributed by atoms with van der Waals surface area (Å²) in [5, 5.41) is 3.86. The number of rotatable bonds is 4. The summed E-state index contributed by atoms with van der Waals surface area (Å²) in [4.78, 5) is 10.3. The van der Waals surface area contributed by atoms with Crippen LogP contribution in [-0.4, -0.2) is 19.4 Å². The fourth-order valence-electron chi connectivity index (χ4n) is 0.486. The summed E-state index contributed by atoms with van der Waals surface area (Å²) < 4.78 is 0. The van der Waals surface area contributed by atoms with Crippen molar-refractivity contribution in [2.75, 3.05) is 13.6 Å². The molecule has 0 amide bonds. The molecule has 0 unspecified atom stereocenters. The molecule has 2 nitrogen and oxygen atoms in total. The Morgan fingerprint density at radius 1 is 1.62 bits per heavy atom. The molecule has 0 aliphatic rings. The van der Waals surface area contributed by atoms with E-state index in [0.29, 0.717) is 6.42 Å². The van der Waals surface area contributed by atoms with Crippen molar-refractivity contribution in [3.63, 3.8) is 0 Å². The van der Waals surface area contributed by atoms with E-state index in [-0.39, 0.29) is 5.78 Å². The fourth-order valence-corrected chi connectivity index (χ4v) is 0.486. The molecule has 8 heavy (non-hydrogen) atoms. The van der Waals surface area contributed by atoms with Crippen LogP contribution in [0, 0.1) is 0 Å². The highest BCUT2D eigenvalue weighted by Crippen LogP contribution is 1.91. The maximum Gasteiger partial charge on any atom is 0.129 e. The van der Waals surface area contributed by atoms with Crippen molar-refractivity contribution in [1.29, 1.82) is 0 Å². The molecule has 0 bridgehead atoms. The number of hydrogen-bond donors (Lipinski definition) is 0. The minimum Gasteiger partial charge on any atom is -0.665 e. The molecule has 0 fully saturated rings. The van der Waals surface area contributed by atoms with Gasteiger partial charge in [0.15, 0.2) is 0 Å². The first-order valence-corrected chi connectivity index (χ1v) is 2.82. The Bertz CT molecular complexity index is 70.9. The third-order valence-electron chi connectivity index (χ3n) is 0.911. The highest BCUT2D eigenvalue weighted by Gasteiger charge is 1.86. The van der Waals surface area contributed by atoms with Gasteiger partial charge in [0, 0.05) is 6.42 Å². The first-order valence-electron chi connectivity index (χ1n) is 2.82. The van der Waals surface area contributed by atoms with Crippen molar-refractivity contribution in [1.82, 2.24) is 0 Å². The van der Waals surface area contributed by atoms with Gasteiger partial charge in [-0.1, -0.05) is 6.42 Å². The van der Waals surface area contributed by atoms with Crippen molar-refractivity contribution >= 4 is 5.78 Å². The summed E-state index contributed by atoms with van der Waals surface area (Å²) in [7, 11) is 1.76. The Kier molecular flexibility index (Phi) is 4.56. The molecular formula is C6H12NO-. The Hall–Kier alpha value is -0.370. The number of carbonyl (C=O) groups is 1. The zero-order valence-electron chi connectivity index (χ0n) is 5.48. The first kappa shape index (κ1) is 7.63. The summed E-state index contributed by atoms with van der Waals surface area (Å²) in [5.41, 5.74) is 0. The molecule has 0 aromatic rings. The molecule has 0 aromatic carbocycles. The Balaban J connectivity index is 2.82. The smallest absolute Gasteiger partial charge is 0.129 e. The van der Waals surface area contributed by atoms with Crippen LogP contribution in [0.3, 0.4) is 0 Å². The lowest BCUT2D eigenvalue weighted by molar-refractivity contribution is -0.117. The molecule has 0 heterocycles. The van der Waals surface area contributed by atoms with Gasteiger partial charge >= 0.3 is 0 Å². The molecule has 0 radical (unpaired) electrons. The fraction of sp³-hybridized carbons (Fsp3) is 0.833. The van der Waals surface area contributed by atoms with E-state index in [4.69, 9.17) is 0 Å². The predicted molar refractivity (Wildman–Crippen MR) is 34.1 cm³/mol. The molecule has 0 aliphatic heterocycles. The number of nitrogens with zero attached hydrogens (tertiary/aromatic N) is 1. The lowest BCUT2D eigenvalue weighted by Crippen LogP contribution is -1.91. The topological polar surface area (TPSA) is 31.2 Å².